The van der Waals surface area contributed by atoms with Crippen molar-refractivity contribution in [1.82, 2.24) is 5.32 Å². The monoisotopic (exact) mass is 315 g/mol. The Labute approximate surface area is 125 Å². The van der Waals surface area contributed by atoms with Gasteiger partial charge in [-0.05, 0) is 31.0 Å². The fourth-order valence-corrected chi connectivity index (χ4v) is 2.84. The van der Waals surface area contributed by atoms with Gasteiger partial charge in [0.15, 0.2) is 0 Å². The van der Waals surface area contributed by atoms with E-state index in [2.05, 4.69) is 5.32 Å². The first-order valence-electron chi connectivity index (χ1n) is 6.93. The van der Waals surface area contributed by atoms with E-state index >= 15 is 0 Å². The molecule has 2 N–H and O–H groups in total. The molecule has 1 amide bonds. The lowest BCUT2D eigenvalue weighted by atomic mass is 9.92. The molecule has 0 atom stereocenters. The topological polar surface area (TPSA) is 66.4 Å². The highest BCUT2D eigenvalue weighted by Crippen LogP contribution is 2.33. The van der Waals surface area contributed by atoms with E-state index in [0.717, 1.165) is 31.0 Å². The third-order valence-corrected chi connectivity index (χ3v) is 3.88. The average molecular weight is 315 g/mol. The van der Waals surface area contributed by atoms with Crippen molar-refractivity contribution in [1.29, 1.82) is 0 Å². The fourth-order valence-electron chi connectivity index (χ4n) is 2.84. The van der Waals surface area contributed by atoms with Crippen molar-refractivity contribution in [3.63, 3.8) is 0 Å². The SMILES string of the molecule is O=C(O)CC1(NC(=O)c2cccc(C(F)(F)F)c2)CCCC1. The van der Waals surface area contributed by atoms with Crippen molar-refractivity contribution in [2.45, 2.75) is 43.8 Å². The Kier molecular flexibility index (Phi) is 4.44. The Morgan fingerprint density at radius 2 is 1.86 bits per heavy atom. The van der Waals surface area contributed by atoms with Crippen LogP contribution in [0, 0.1) is 0 Å². The molecule has 1 aromatic rings. The van der Waals surface area contributed by atoms with Crippen LogP contribution in [0.5, 0.6) is 0 Å². The first-order chi connectivity index (χ1) is 10.2. The average Bonchev–Trinajstić information content (AvgIpc) is 2.85. The standard InChI is InChI=1S/C15H16F3NO3/c16-15(17,18)11-5-3-4-10(8-11)13(22)19-14(9-12(20)21)6-1-2-7-14/h3-5,8H,1-2,6-7,9H2,(H,19,22)(H,20,21). The lowest BCUT2D eigenvalue weighted by Crippen LogP contribution is -2.47. The summed E-state index contributed by atoms with van der Waals surface area (Å²) in [6.45, 7) is 0. The van der Waals surface area contributed by atoms with Crippen molar-refractivity contribution in [2.24, 2.45) is 0 Å². The van der Waals surface area contributed by atoms with Crippen LogP contribution in [0.15, 0.2) is 24.3 Å². The molecule has 22 heavy (non-hydrogen) atoms. The molecule has 120 valence electrons. The van der Waals surface area contributed by atoms with Crippen LogP contribution in [0.3, 0.4) is 0 Å². The number of carboxylic acid groups (broad SMARTS) is 1. The van der Waals surface area contributed by atoms with Gasteiger partial charge in [-0.15, -0.1) is 0 Å². The molecular formula is C15H16F3NO3. The summed E-state index contributed by atoms with van der Waals surface area (Å²) in [5.74, 6) is -1.71. The van der Waals surface area contributed by atoms with Gasteiger partial charge in [-0.3, -0.25) is 9.59 Å². The second-order valence-corrected chi connectivity index (χ2v) is 5.59. The summed E-state index contributed by atoms with van der Waals surface area (Å²) in [6, 6.07) is 4.11. The van der Waals surface area contributed by atoms with E-state index in [9.17, 15) is 22.8 Å². The number of alkyl halides is 3. The summed E-state index contributed by atoms with van der Waals surface area (Å²) < 4.78 is 38.0. The van der Waals surface area contributed by atoms with Gasteiger partial charge in [0.1, 0.15) is 0 Å². The van der Waals surface area contributed by atoms with E-state index in [4.69, 9.17) is 5.11 Å². The largest absolute Gasteiger partial charge is 0.481 e. The van der Waals surface area contributed by atoms with Gasteiger partial charge in [0.05, 0.1) is 17.5 Å². The number of aliphatic carboxylic acids is 1. The maximum absolute atomic E-state index is 12.7. The molecule has 4 nitrogen and oxygen atoms in total. The number of halogens is 3. The molecule has 7 heteroatoms. The lowest BCUT2D eigenvalue weighted by molar-refractivity contribution is -0.139. The molecule has 1 fully saturated rings. The summed E-state index contributed by atoms with van der Waals surface area (Å²) in [7, 11) is 0. The van der Waals surface area contributed by atoms with Gasteiger partial charge >= 0.3 is 12.1 Å². The summed E-state index contributed by atoms with van der Waals surface area (Å²) in [4.78, 5) is 23.2. The van der Waals surface area contributed by atoms with Gasteiger partial charge in [0.25, 0.3) is 5.91 Å². The Hall–Kier alpha value is -2.05. The Morgan fingerprint density at radius 1 is 1.23 bits per heavy atom. The van der Waals surface area contributed by atoms with Gasteiger partial charge in [0.2, 0.25) is 0 Å². The number of nitrogens with one attached hydrogen (secondary N) is 1. The normalized spacial score (nSPS) is 17.2. The summed E-state index contributed by atoms with van der Waals surface area (Å²) in [5.41, 5.74) is -1.89. The number of hydrogen-bond donors (Lipinski definition) is 2. The minimum Gasteiger partial charge on any atom is -0.481 e. The van der Waals surface area contributed by atoms with E-state index in [1.807, 2.05) is 0 Å². The Balaban J connectivity index is 2.19. The van der Waals surface area contributed by atoms with Crippen LogP contribution in [-0.4, -0.2) is 22.5 Å². The molecule has 0 aliphatic heterocycles. The van der Waals surface area contributed by atoms with E-state index in [-0.39, 0.29) is 12.0 Å². The third-order valence-electron chi connectivity index (χ3n) is 3.88. The summed E-state index contributed by atoms with van der Waals surface area (Å²) in [6.07, 6.45) is -2.14. The summed E-state index contributed by atoms with van der Waals surface area (Å²) in [5, 5.41) is 11.6. The molecule has 0 spiro atoms. The van der Waals surface area contributed by atoms with Crippen molar-refractivity contribution in [3.8, 4) is 0 Å². The van der Waals surface area contributed by atoms with Crippen molar-refractivity contribution in [3.05, 3.63) is 35.4 Å². The zero-order chi connectivity index (χ0) is 16.4. The van der Waals surface area contributed by atoms with Crippen LogP contribution in [0.1, 0.15) is 48.0 Å². The molecule has 1 saturated carbocycles. The molecule has 0 radical (unpaired) electrons. The molecular weight excluding hydrogens is 299 g/mol. The molecule has 0 saturated heterocycles. The van der Waals surface area contributed by atoms with Crippen LogP contribution < -0.4 is 5.32 Å². The number of amides is 1. The molecule has 1 aliphatic rings. The van der Waals surface area contributed by atoms with E-state index in [1.54, 1.807) is 0 Å². The smallest absolute Gasteiger partial charge is 0.416 e. The zero-order valence-corrected chi connectivity index (χ0v) is 11.7. The molecule has 1 aliphatic carbocycles. The molecule has 0 heterocycles. The molecule has 1 aromatic carbocycles. The first-order valence-corrected chi connectivity index (χ1v) is 6.93. The van der Waals surface area contributed by atoms with Crippen LogP contribution in [0.25, 0.3) is 0 Å². The molecule has 0 unspecified atom stereocenters. The van der Waals surface area contributed by atoms with Crippen LogP contribution >= 0.6 is 0 Å². The highest BCUT2D eigenvalue weighted by Gasteiger charge is 2.38. The van der Waals surface area contributed by atoms with Crippen molar-refractivity contribution >= 4 is 11.9 Å². The second-order valence-electron chi connectivity index (χ2n) is 5.59. The summed E-state index contributed by atoms with van der Waals surface area (Å²) >= 11 is 0. The number of hydrogen-bond acceptors (Lipinski definition) is 2. The van der Waals surface area contributed by atoms with Gasteiger partial charge in [-0.1, -0.05) is 18.9 Å². The number of rotatable bonds is 4. The van der Waals surface area contributed by atoms with Crippen molar-refractivity contribution < 1.29 is 27.9 Å². The highest BCUT2D eigenvalue weighted by atomic mass is 19.4. The van der Waals surface area contributed by atoms with Gasteiger partial charge in [-0.25, -0.2) is 0 Å². The second kappa shape index (κ2) is 5.98. The minimum absolute atomic E-state index is 0.119. The predicted molar refractivity (Wildman–Crippen MR) is 72.4 cm³/mol. The Morgan fingerprint density at radius 3 is 2.41 bits per heavy atom. The lowest BCUT2D eigenvalue weighted by Gasteiger charge is -2.28. The van der Waals surface area contributed by atoms with Crippen LogP contribution in [0.4, 0.5) is 13.2 Å². The van der Waals surface area contributed by atoms with Crippen molar-refractivity contribution in [2.75, 3.05) is 0 Å². The highest BCUT2D eigenvalue weighted by molar-refractivity contribution is 5.95. The predicted octanol–water partition coefficient (Wildman–Crippen LogP) is 3.22. The van der Waals surface area contributed by atoms with E-state index < -0.39 is 29.2 Å². The van der Waals surface area contributed by atoms with Gasteiger partial charge < -0.3 is 10.4 Å². The molecule has 0 bridgehead atoms. The van der Waals surface area contributed by atoms with E-state index in [0.29, 0.717) is 12.8 Å². The Bertz CT molecular complexity index is 578. The number of carbonyl (C=O) groups excluding carboxylic acids is 1. The minimum atomic E-state index is -4.53. The first kappa shape index (κ1) is 16.3. The number of carbonyl (C=O) groups is 2. The maximum atomic E-state index is 12.7. The fraction of sp³-hybridized carbons (Fsp3) is 0.467. The zero-order valence-electron chi connectivity index (χ0n) is 11.7. The van der Waals surface area contributed by atoms with Crippen LogP contribution in [-0.2, 0) is 11.0 Å². The quantitative estimate of drug-likeness (QED) is 0.896. The third kappa shape index (κ3) is 3.78. The number of carboxylic acids is 1. The van der Waals surface area contributed by atoms with Gasteiger partial charge in [0, 0.05) is 5.56 Å². The van der Waals surface area contributed by atoms with Crippen LogP contribution in [0.2, 0.25) is 0 Å². The molecule has 0 aromatic heterocycles. The maximum Gasteiger partial charge on any atom is 0.416 e. The molecule has 2 rings (SSSR count). The number of benzene rings is 1. The van der Waals surface area contributed by atoms with E-state index in [1.165, 1.54) is 6.07 Å². The van der Waals surface area contributed by atoms with Gasteiger partial charge in [-0.2, -0.15) is 13.2 Å².